The Labute approximate surface area is 175 Å². The van der Waals surface area contributed by atoms with Crippen LogP contribution in [0.15, 0.2) is 59.8 Å². The first-order valence-corrected chi connectivity index (χ1v) is 10.5. The number of piperidine rings is 1. The second-order valence-corrected chi connectivity index (χ2v) is 8.22. The Morgan fingerprint density at radius 3 is 2.66 bits per heavy atom. The molecule has 2 atom stereocenters. The van der Waals surface area contributed by atoms with E-state index in [1.807, 2.05) is 59.5 Å². The molecule has 0 saturated carbocycles. The van der Waals surface area contributed by atoms with E-state index in [4.69, 9.17) is 16.4 Å². The van der Waals surface area contributed by atoms with E-state index in [2.05, 4.69) is 5.16 Å². The summed E-state index contributed by atoms with van der Waals surface area (Å²) in [6.45, 7) is 1.27. The van der Waals surface area contributed by atoms with Crippen molar-refractivity contribution in [3.63, 3.8) is 0 Å². The second kappa shape index (κ2) is 8.97. The molecule has 4 rings (SSSR count). The van der Waals surface area contributed by atoms with Crippen molar-refractivity contribution in [2.24, 2.45) is 11.1 Å². The van der Waals surface area contributed by atoms with Gasteiger partial charge >= 0.3 is 0 Å². The number of nitrogens with zero attached hydrogens (tertiary/aromatic N) is 2. The van der Waals surface area contributed by atoms with Gasteiger partial charge in [0.15, 0.2) is 0 Å². The Morgan fingerprint density at radius 1 is 1.17 bits per heavy atom. The molecule has 0 aromatic heterocycles. The molecule has 1 N–H and O–H groups in total. The largest absolute Gasteiger partial charge is 0.388 e. The number of rotatable bonds is 5. The number of carbonyl (C=O) groups is 1. The van der Waals surface area contributed by atoms with Gasteiger partial charge in [-0.15, -0.1) is 0 Å². The van der Waals surface area contributed by atoms with Crippen LogP contribution >= 0.6 is 11.6 Å². The predicted molar refractivity (Wildman–Crippen MR) is 113 cm³/mol. The fourth-order valence-corrected chi connectivity index (χ4v) is 4.32. The molecule has 1 fully saturated rings. The lowest BCUT2D eigenvalue weighted by Crippen LogP contribution is -2.44. The van der Waals surface area contributed by atoms with Crippen molar-refractivity contribution in [2.75, 3.05) is 13.1 Å². The zero-order valence-corrected chi connectivity index (χ0v) is 17.0. The molecule has 152 valence electrons. The molecule has 2 aliphatic heterocycles. The number of aliphatic hydroxyl groups is 1. The fraction of sp³-hybridized carbons (Fsp3) is 0.391. The zero-order chi connectivity index (χ0) is 20.2. The maximum absolute atomic E-state index is 12.8. The average Bonchev–Trinajstić information content (AvgIpc) is 3.22. The second-order valence-electron chi connectivity index (χ2n) is 7.78. The molecule has 0 spiro atoms. The first-order valence-electron chi connectivity index (χ1n) is 10.1. The summed E-state index contributed by atoms with van der Waals surface area (Å²) in [4.78, 5) is 20.1. The van der Waals surface area contributed by atoms with Crippen molar-refractivity contribution in [3.8, 4) is 0 Å². The first kappa shape index (κ1) is 19.9. The van der Waals surface area contributed by atoms with Crippen molar-refractivity contribution in [3.05, 3.63) is 70.7 Å². The van der Waals surface area contributed by atoms with E-state index in [-0.39, 0.29) is 11.8 Å². The third-order valence-electron chi connectivity index (χ3n) is 5.74. The van der Waals surface area contributed by atoms with Crippen molar-refractivity contribution < 1.29 is 14.7 Å². The van der Waals surface area contributed by atoms with Crippen LogP contribution in [-0.4, -0.2) is 40.8 Å². The van der Waals surface area contributed by atoms with Gasteiger partial charge in [0.25, 0.3) is 5.91 Å². The molecule has 0 aliphatic carbocycles. The minimum atomic E-state index is -0.542. The number of likely N-dealkylation sites (tertiary alicyclic amines) is 1. The average molecular weight is 413 g/mol. The number of hydrogen-bond acceptors (Lipinski definition) is 4. The Balaban J connectivity index is 1.27. The fourth-order valence-electron chi connectivity index (χ4n) is 4.11. The van der Waals surface area contributed by atoms with Gasteiger partial charge in [0.05, 0.1) is 11.8 Å². The highest BCUT2D eigenvalue weighted by molar-refractivity contribution is 6.30. The quantitative estimate of drug-likeness (QED) is 0.807. The monoisotopic (exact) mass is 412 g/mol. The molecule has 0 bridgehead atoms. The zero-order valence-electron chi connectivity index (χ0n) is 16.2. The number of hydrogen-bond donors (Lipinski definition) is 1. The van der Waals surface area contributed by atoms with Gasteiger partial charge in [-0.25, -0.2) is 0 Å². The standard InChI is InChI=1S/C23H25ClN2O3/c24-19-8-4-5-16(13-19)14-20-15-21(29-25-20)23(28)26-11-9-18(10-12-26)22(27)17-6-2-1-3-7-17/h1-8,13,18,21-22,27H,9-12,14-15H2. The molecule has 1 amide bonds. The van der Waals surface area contributed by atoms with Crippen LogP contribution < -0.4 is 0 Å². The van der Waals surface area contributed by atoms with Gasteiger partial charge in [-0.1, -0.05) is 59.2 Å². The SMILES string of the molecule is O=C(C1CC(Cc2cccc(Cl)c2)=NO1)N1CCC(C(O)c2ccccc2)CC1. The molecule has 2 aliphatic rings. The van der Waals surface area contributed by atoms with E-state index in [1.165, 1.54) is 0 Å². The molecular weight excluding hydrogens is 388 g/mol. The van der Waals surface area contributed by atoms with Gasteiger partial charge in [0.1, 0.15) is 0 Å². The van der Waals surface area contributed by atoms with Gasteiger partial charge in [-0.05, 0) is 42.0 Å². The van der Waals surface area contributed by atoms with E-state index in [0.29, 0.717) is 31.0 Å². The smallest absolute Gasteiger partial charge is 0.266 e. The summed E-state index contributed by atoms with van der Waals surface area (Å²) in [5.41, 5.74) is 2.86. The molecule has 2 aromatic carbocycles. The number of carbonyl (C=O) groups excluding carboxylic acids is 1. The van der Waals surface area contributed by atoms with Crippen molar-refractivity contribution >= 4 is 23.2 Å². The highest BCUT2D eigenvalue weighted by Crippen LogP contribution is 2.31. The lowest BCUT2D eigenvalue weighted by molar-refractivity contribution is -0.144. The molecule has 6 heteroatoms. The van der Waals surface area contributed by atoms with E-state index < -0.39 is 12.2 Å². The van der Waals surface area contributed by atoms with Crippen LogP contribution in [0.5, 0.6) is 0 Å². The topological polar surface area (TPSA) is 62.1 Å². The van der Waals surface area contributed by atoms with Crippen LogP contribution in [0.1, 0.15) is 36.5 Å². The van der Waals surface area contributed by atoms with Gasteiger partial charge < -0.3 is 14.8 Å². The van der Waals surface area contributed by atoms with Gasteiger partial charge in [0.2, 0.25) is 6.10 Å². The summed E-state index contributed by atoms with van der Waals surface area (Å²) in [6.07, 6.45) is 1.69. The highest BCUT2D eigenvalue weighted by Gasteiger charge is 2.35. The number of amides is 1. The maximum Gasteiger partial charge on any atom is 0.266 e. The Morgan fingerprint density at radius 2 is 1.93 bits per heavy atom. The summed E-state index contributed by atoms with van der Waals surface area (Å²) in [5.74, 6) is 0.156. The first-order chi connectivity index (χ1) is 14.1. The highest BCUT2D eigenvalue weighted by atomic mass is 35.5. The van der Waals surface area contributed by atoms with Crippen LogP contribution in [-0.2, 0) is 16.1 Å². The minimum absolute atomic E-state index is 0.0116. The van der Waals surface area contributed by atoms with Crippen LogP contribution in [0.25, 0.3) is 0 Å². The summed E-state index contributed by atoms with van der Waals surface area (Å²) >= 11 is 6.03. The Kier molecular flexibility index (Phi) is 6.16. The van der Waals surface area contributed by atoms with E-state index in [1.54, 1.807) is 0 Å². The number of oxime groups is 1. The van der Waals surface area contributed by atoms with Gasteiger partial charge in [0, 0.05) is 31.0 Å². The third-order valence-corrected chi connectivity index (χ3v) is 5.98. The summed E-state index contributed by atoms with van der Waals surface area (Å²) < 4.78 is 0. The van der Waals surface area contributed by atoms with Crippen molar-refractivity contribution in [1.82, 2.24) is 4.90 Å². The molecule has 29 heavy (non-hydrogen) atoms. The van der Waals surface area contributed by atoms with E-state index >= 15 is 0 Å². The Bertz CT molecular complexity index is 879. The molecular formula is C23H25ClN2O3. The molecule has 2 unspecified atom stereocenters. The molecule has 2 aromatic rings. The number of aliphatic hydroxyl groups excluding tert-OH is 1. The summed E-state index contributed by atoms with van der Waals surface area (Å²) in [7, 11) is 0. The Hall–Kier alpha value is -2.37. The van der Waals surface area contributed by atoms with E-state index in [0.717, 1.165) is 29.7 Å². The predicted octanol–water partition coefficient (Wildman–Crippen LogP) is 4.00. The van der Waals surface area contributed by atoms with Crippen LogP contribution in [0, 0.1) is 5.92 Å². The normalized spacial score (nSPS) is 20.8. The number of halogens is 1. The van der Waals surface area contributed by atoms with Crippen LogP contribution in [0.4, 0.5) is 0 Å². The van der Waals surface area contributed by atoms with Crippen LogP contribution in [0.2, 0.25) is 5.02 Å². The molecule has 1 saturated heterocycles. The third kappa shape index (κ3) is 4.80. The van der Waals surface area contributed by atoms with Crippen LogP contribution in [0.3, 0.4) is 0 Å². The van der Waals surface area contributed by atoms with Crippen molar-refractivity contribution in [2.45, 2.75) is 37.9 Å². The number of benzene rings is 2. The molecule has 0 radical (unpaired) electrons. The molecule has 5 nitrogen and oxygen atoms in total. The lowest BCUT2D eigenvalue weighted by atomic mass is 9.87. The maximum atomic E-state index is 12.8. The van der Waals surface area contributed by atoms with Gasteiger partial charge in [-0.2, -0.15) is 0 Å². The molecule has 2 heterocycles. The van der Waals surface area contributed by atoms with Gasteiger partial charge in [-0.3, -0.25) is 4.79 Å². The summed E-state index contributed by atoms with van der Waals surface area (Å²) in [6, 6.07) is 17.4. The minimum Gasteiger partial charge on any atom is -0.388 e. The van der Waals surface area contributed by atoms with E-state index in [9.17, 15) is 9.90 Å². The summed E-state index contributed by atoms with van der Waals surface area (Å²) in [5, 5.41) is 15.4. The van der Waals surface area contributed by atoms with Crippen molar-refractivity contribution in [1.29, 1.82) is 0 Å². The lowest BCUT2D eigenvalue weighted by Gasteiger charge is -2.35.